The van der Waals surface area contributed by atoms with Gasteiger partial charge < -0.3 is 15.3 Å². The van der Waals surface area contributed by atoms with E-state index in [-0.39, 0.29) is 23.1 Å². The zero-order valence-electron chi connectivity index (χ0n) is 14.0. The fourth-order valence-corrected chi connectivity index (χ4v) is 6.95. The Labute approximate surface area is 174 Å². The predicted octanol–water partition coefficient (Wildman–Crippen LogP) is 3.38. The summed E-state index contributed by atoms with van der Waals surface area (Å²) in [5, 5.41) is 28.9. The molecule has 0 fully saturated rings. The second-order valence-electron chi connectivity index (χ2n) is 5.82. The molecule has 0 aliphatic heterocycles. The van der Waals surface area contributed by atoms with Gasteiger partial charge in [0.2, 0.25) is 0 Å². The molecule has 0 heterocycles. The summed E-state index contributed by atoms with van der Waals surface area (Å²) in [4.78, 5) is 0. The molecule has 0 aliphatic carbocycles. The van der Waals surface area contributed by atoms with Crippen molar-refractivity contribution in [3.05, 3.63) is 0 Å². The van der Waals surface area contributed by atoms with Gasteiger partial charge in [0.05, 0.1) is 18.3 Å². The van der Waals surface area contributed by atoms with E-state index in [4.69, 9.17) is 34.8 Å². The lowest BCUT2D eigenvalue weighted by Crippen LogP contribution is -2.32. The number of hydrogen-bond acceptors (Lipinski definition) is 6. The standard InChI is InChI=1S/C15H29Cl3O3S3/c1-2-15(9-22-6-12(19)3-16,10-23-7-13(20)4-17)11-24-8-14(21)5-18/h12-14,19-21H,2-11H2,1H3. The summed E-state index contributed by atoms with van der Waals surface area (Å²) >= 11 is 22.1. The summed E-state index contributed by atoms with van der Waals surface area (Å²) in [7, 11) is 0. The Morgan fingerprint density at radius 1 is 0.708 bits per heavy atom. The summed E-state index contributed by atoms with van der Waals surface area (Å²) < 4.78 is 0. The smallest absolute Gasteiger partial charge is 0.0765 e. The molecule has 0 amide bonds. The maximum absolute atomic E-state index is 9.63. The lowest BCUT2D eigenvalue weighted by molar-refractivity contribution is 0.223. The monoisotopic (exact) mass is 458 g/mol. The number of rotatable bonds is 16. The van der Waals surface area contributed by atoms with Crippen LogP contribution in [0.15, 0.2) is 0 Å². The van der Waals surface area contributed by atoms with Gasteiger partial charge in [-0.05, 0) is 11.8 Å². The Balaban J connectivity index is 4.54. The molecule has 9 heteroatoms. The third-order valence-electron chi connectivity index (χ3n) is 3.44. The molecule has 0 aliphatic rings. The molecule has 146 valence electrons. The summed E-state index contributed by atoms with van der Waals surface area (Å²) in [6, 6.07) is 0. The number of aliphatic hydroxyl groups is 3. The molecule has 0 aromatic heterocycles. The quantitative estimate of drug-likeness (QED) is 0.308. The third-order valence-corrected chi connectivity index (χ3v) is 8.82. The average Bonchev–Trinajstić information content (AvgIpc) is 2.60. The van der Waals surface area contributed by atoms with Crippen molar-refractivity contribution in [1.29, 1.82) is 0 Å². The number of aliphatic hydroxyl groups excluding tert-OH is 3. The van der Waals surface area contributed by atoms with Crippen molar-refractivity contribution in [2.45, 2.75) is 31.7 Å². The number of hydrogen-bond donors (Lipinski definition) is 3. The first-order valence-corrected chi connectivity index (χ1v) is 12.9. The van der Waals surface area contributed by atoms with E-state index in [1.807, 2.05) is 0 Å². The highest BCUT2D eigenvalue weighted by atomic mass is 35.5. The van der Waals surface area contributed by atoms with Crippen molar-refractivity contribution in [2.75, 3.05) is 52.2 Å². The van der Waals surface area contributed by atoms with Crippen LogP contribution in [0.5, 0.6) is 0 Å². The minimum Gasteiger partial charge on any atom is -0.391 e. The van der Waals surface area contributed by atoms with Crippen molar-refractivity contribution in [2.24, 2.45) is 5.41 Å². The molecule has 0 saturated heterocycles. The maximum atomic E-state index is 9.63. The number of thioether (sulfide) groups is 3. The van der Waals surface area contributed by atoms with Crippen LogP contribution in [0.1, 0.15) is 13.3 Å². The molecule has 3 N–H and O–H groups in total. The highest BCUT2D eigenvalue weighted by molar-refractivity contribution is 8.01. The molecule has 0 saturated carbocycles. The van der Waals surface area contributed by atoms with Crippen molar-refractivity contribution in [3.8, 4) is 0 Å². The van der Waals surface area contributed by atoms with E-state index >= 15 is 0 Å². The van der Waals surface area contributed by atoms with Crippen LogP contribution in [0.3, 0.4) is 0 Å². The fraction of sp³-hybridized carbons (Fsp3) is 1.00. The van der Waals surface area contributed by atoms with Gasteiger partial charge in [-0.2, -0.15) is 35.3 Å². The van der Waals surface area contributed by atoms with Crippen molar-refractivity contribution >= 4 is 70.1 Å². The number of alkyl halides is 3. The second kappa shape index (κ2) is 15.8. The summed E-state index contributed by atoms with van der Waals surface area (Å²) in [5.74, 6) is 5.33. The summed E-state index contributed by atoms with van der Waals surface area (Å²) in [6.07, 6.45) is -0.460. The largest absolute Gasteiger partial charge is 0.391 e. The van der Waals surface area contributed by atoms with Crippen LogP contribution in [0, 0.1) is 5.41 Å². The zero-order valence-corrected chi connectivity index (χ0v) is 18.7. The first-order valence-electron chi connectivity index (χ1n) is 7.88. The molecule has 3 unspecified atom stereocenters. The molecular weight excluding hydrogens is 431 g/mol. The average molecular weight is 460 g/mol. The van der Waals surface area contributed by atoms with Gasteiger partial charge in [-0.15, -0.1) is 34.8 Å². The van der Waals surface area contributed by atoms with Crippen LogP contribution in [0.2, 0.25) is 0 Å². The van der Waals surface area contributed by atoms with Crippen molar-refractivity contribution < 1.29 is 15.3 Å². The van der Waals surface area contributed by atoms with Gasteiger partial charge >= 0.3 is 0 Å². The van der Waals surface area contributed by atoms with Gasteiger partial charge in [0.25, 0.3) is 0 Å². The van der Waals surface area contributed by atoms with Crippen molar-refractivity contribution in [3.63, 3.8) is 0 Å². The summed E-state index contributed by atoms with van der Waals surface area (Å²) in [5.41, 5.74) is 0.0735. The van der Waals surface area contributed by atoms with E-state index in [0.717, 1.165) is 23.7 Å². The zero-order chi connectivity index (χ0) is 18.4. The highest BCUT2D eigenvalue weighted by Gasteiger charge is 2.29. The molecular formula is C15H29Cl3O3S3. The van der Waals surface area contributed by atoms with E-state index in [0.29, 0.717) is 17.3 Å². The molecule has 0 bridgehead atoms. The van der Waals surface area contributed by atoms with Crippen LogP contribution in [-0.2, 0) is 0 Å². The Morgan fingerprint density at radius 2 is 1.00 bits per heavy atom. The molecule has 0 radical (unpaired) electrons. The van der Waals surface area contributed by atoms with Gasteiger partial charge in [0.1, 0.15) is 0 Å². The van der Waals surface area contributed by atoms with Gasteiger partial charge in [0, 0.05) is 52.2 Å². The molecule has 3 atom stereocenters. The predicted molar refractivity (Wildman–Crippen MR) is 115 cm³/mol. The van der Waals surface area contributed by atoms with E-state index < -0.39 is 18.3 Å². The Morgan fingerprint density at radius 3 is 1.21 bits per heavy atom. The van der Waals surface area contributed by atoms with Crippen LogP contribution in [0.25, 0.3) is 0 Å². The molecule has 3 nitrogen and oxygen atoms in total. The minimum atomic E-state index is -0.484. The first kappa shape index (κ1) is 25.8. The topological polar surface area (TPSA) is 60.7 Å². The van der Waals surface area contributed by atoms with Crippen LogP contribution >= 0.6 is 70.1 Å². The molecule has 0 rings (SSSR count). The second-order valence-corrected chi connectivity index (χ2v) is 9.84. The Bertz CT molecular complexity index is 264. The van der Waals surface area contributed by atoms with E-state index in [2.05, 4.69) is 6.92 Å². The van der Waals surface area contributed by atoms with Crippen LogP contribution in [-0.4, -0.2) is 85.8 Å². The summed E-state index contributed by atoms with van der Waals surface area (Å²) in [6.45, 7) is 2.16. The molecule has 0 spiro atoms. The Kier molecular flexibility index (Phi) is 17.0. The lowest BCUT2D eigenvalue weighted by Gasteiger charge is -2.33. The lowest BCUT2D eigenvalue weighted by atomic mass is 9.92. The van der Waals surface area contributed by atoms with Gasteiger partial charge in [0.15, 0.2) is 0 Å². The van der Waals surface area contributed by atoms with Crippen molar-refractivity contribution in [1.82, 2.24) is 0 Å². The Hall–Kier alpha value is 1.80. The SMILES string of the molecule is CCC(CSCC(O)CCl)(CSCC(O)CCl)CSCC(O)CCl. The van der Waals surface area contributed by atoms with Gasteiger partial charge in [-0.1, -0.05) is 6.92 Å². The van der Waals surface area contributed by atoms with Gasteiger partial charge in [-0.25, -0.2) is 0 Å². The normalized spacial score (nSPS) is 18.1. The molecule has 0 aromatic carbocycles. The first-order chi connectivity index (χ1) is 11.4. The van der Waals surface area contributed by atoms with Crippen LogP contribution in [0.4, 0.5) is 0 Å². The van der Waals surface area contributed by atoms with Crippen LogP contribution < -0.4 is 0 Å². The third kappa shape index (κ3) is 12.2. The van der Waals surface area contributed by atoms with E-state index in [9.17, 15) is 15.3 Å². The molecule has 24 heavy (non-hydrogen) atoms. The number of halogens is 3. The minimum absolute atomic E-state index is 0.0735. The maximum Gasteiger partial charge on any atom is 0.0765 e. The fourth-order valence-electron chi connectivity index (χ4n) is 1.80. The van der Waals surface area contributed by atoms with E-state index in [1.54, 1.807) is 35.3 Å². The van der Waals surface area contributed by atoms with Gasteiger partial charge in [-0.3, -0.25) is 0 Å². The van der Waals surface area contributed by atoms with E-state index in [1.165, 1.54) is 0 Å². The highest BCUT2D eigenvalue weighted by Crippen LogP contribution is 2.35. The molecule has 0 aromatic rings.